The summed E-state index contributed by atoms with van der Waals surface area (Å²) in [5, 5.41) is 0. The average Bonchev–Trinajstić information content (AvgIpc) is 2.76. The molecule has 1 aliphatic carbocycles. The van der Waals surface area contributed by atoms with E-state index in [1.54, 1.807) is 0 Å². The molecule has 1 heterocycles. The number of hydrogen-bond donors (Lipinski definition) is 0. The minimum absolute atomic E-state index is 0.0581. The molecule has 1 aliphatic heterocycles. The van der Waals surface area contributed by atoms with Gasteiger partial charge in [-0.05, 0) is 26.7 Å². The van der Waals surface area contributed by atoms with Gasteiger partial charge in [-0.3, -0.25) is 9.69 Å². The Bertz CT molecular complexity index is 430. The first-order valence-electron chi connectivity index (χ1n) is 7.43. The van der Waals surface area contributed by atoms with E-state index in [0.717, 1.165) is 19.4 Å². The molecule has 2 fully saturated rings. The molecular weight excluding hydrogens is 258 g/mol. The third-order valence-corrected chi connectivity index (χ3v) is 4.31. The van der Waals surface area contributed by atoms with Crippen LogP contribution < -0.4 is 0 Å². The lowest BCUT2D eigenvalue weighted by Gasteiger charge is -2.32. The summed E-state index contributed by atoms with van der Waals surface area (Å²) < 4.78 is 10.9. The van der Waals surface area contributed by atoms with Gasteiger partial charge in [0, 0.05) is 25.1 Å². The minimum atomic E-state index is -0.621. The maximum Gasteiger partial charge on any atom is 0.307 e. The van der Waals surface area contributed by atoms with Crippen molar-refractivity contribution in [3.8, 4) is 0 Å². The number of carbonyl (C=O) groups is 1. The first-order valence-corrected chi connectivity index (χ1v) is 7.43. The minimum Gasteiger partial charge on any atom is -0.466 e. The van der Waals surface area contributed by atoms with E-state index >= 15 is 0 Å². The van der Waals surface area contributed by atoms with Crippen LogP contribution >= 0.6 is 0 Å². The summed E-state index contributed by atoms with van der Waals surface area (Å²) in [6.45, 7) is 7.50. The van der Waals surface area contributed by atoms with Crippen LogP contribution in [0.5, 0.6) is 0 Å². The zero-order chi connectivity index (χ0) is 14.8. The highest BCUT2D eigenvalue weighted by Gasteiger charge is 2.66. The largest absolute Gasteiger partial charge is 0.466 e. The normalized spacial score (nSPS) is 33.0. The van der Waals surface area contributed by atoms with E-state index in [4.69, 9.17) is 9.47 Å². The van der Waals surface area contributed by atoms with E-state index in [9.17, 15) is 9.59 Å². The molecule has 112 valence electrons. The number of hydrogen-bond acceptors (Lipinski definition) is 5. The maximum atomic E-state index is 11.7. The van der Waals surface area contributed by atoms with Crippen LogP contribution in [0.25, 0.3) is 0 Å². The second-order valence-electron chi connectivity index (χ2n) is 5.37. The molecule has 2 unspecified atom stereocenters. The molecule has 0 aromatic rings. The van der Waals surface area contributed by atoms with Gasteiger partial charge in [0.2, 0.25) is 0 Å². The maximum absolute atomic E-state index is 11.7. The van der Waals surface area contributed by atoms with Gasteiger partial charge in [0.15, 0.2) is 5.72 Å². The third-order valence-electron chi connectivity index (χ3n) is 4.31. The number of rotatable bonds is 6. The second kappa shape index (κ2) is 6.08. The first kappa shape index (κ1) is 15.2. The smallest absolute Gasteiger partial charge is 0.307 e. The summed E-state index contributed by atoms with van der Waals surface area (Å²) in [6, 6.07) is 0.0916. The van der Waals surface area contributed by atoms with Crippen LogP contribution in [-0.4, -0.2) is 48.3 Å². The monoisotopic (exact) mass is 281 g/mol. The molecule has 20 heavy (non-hydrogen) atoms. The molecule has 5 heteroatoms. The fourth-order valence-corrected chi connectivity index (χ4v) is 3.41. The standard InChI is InChI=1S/C15H23NO4/c1-4-19-14(18)9-12-7-6-8-16(12)15(20-5-2)11(3)13(15)10-17/h11-12H,4-9H2,1-3H3/t11?,12-,15?/m0/s1. The molecule has 0 spiro atoms. The van der Waals surface area contributed by atoms with Crippen molar-refractivity contribution in [2.45, 2.75) is 51.8 Å². The van der Waals surface area contributed by atoms with Crippen LogP contribution in [0, 0.1) is 5.92 Å². The molecule has 0 N–H and O–H groups in total. The molecule has 3 atom stereocenters. The lowest BCUT2D eigenvalue weighted by Crippen LogP contribution is -2.45. The van der Waals surface area contributed by atoms with E-state index in [0.29, 0.717) is 25.2 Å². The lowest BCUT2D eigenvalue weighted by atomic mass is 10.1. The summed E-state index contributed by atoms with van der Waals surface area (Å²) >= 11 is 0. The topological polar surface area (TPSA) is 55.8 Å². The van der Waals surface area contributed by atoms with Crippen molar-refractivity contribution in [1.82, 2.24) is 4.90 Å². The fourth-order valence-electron chi connectivity index (χ4n) is 3.41. The van der Waals surface area contributed by atoms with E-state index in [1.807, 2.05) is 26.7 Å². The molecule has 0 bridgehead atoms. The van der Waals surface area contributed by atoms with Crippen molar-refractivity contribution < 1.29 is 19.1 Å². The zero-order valence-electron chi connectivity index (χ0n) is 12.5. The van der Waals surface area contributed by atoms with Gasteiger partial charge in [-0.15, -0.1) is 0 Å². The highest BCUT2D eigenvalue weighted by molar-refractivity contribution is 5.71. The number of nitrogens with zero attached hydrogens (tertiary/aromatic N) is 1. The zero-order valence-corrected chi connectivity index (χ0v) is 12.5. The van der Waals surface area contributed by atoms with Gasteiger partial charge in [-0.25, -0.2) is 4.79 Å². The van der Waals surface area contributed by atoms with Crippen LogP contribution in [0.4, 0.5) is 0 Å². The number of likely N-dealkylation sites (tertiary alicyclic amines) is 1. The predicted octanol–water partition coefficient (Wildman–Crippen LogP) is 1.54. The third kappa shape index (κ3) is 2.41. The summed E-state index contributed by atoms with van der Waals surface area (Å²) in [5.74, 6) is 1.90. The van der Waals surface area contributed by atoms with Crippen LogP contribution in [0.1, 0.15) is 40.0 Å². The van der Waals surface area contributed by atoms with Crippen molar-refractivity contribution in [3.63, 3.8) is 0 Å². The van der Waals surface area contributed by atoms with Crippen molar-refractivity contribution in [2.75, 3.05) is 19.8 Å². The average molecular weight is 281 g/mol. The number of carbonyl (C=O) groups excluding carboxylic acids is 2. The van der Waals surface area contributed by atoms with Gasteiger partial charge < -0.3 is 9.47 Å². The van der Waals surface area contributed by atoms with Gasteiger partial charge in [0.1, 0.15) is 5.94 Å². The molecule has 1 saturated heterocycles. The summed E-state index contributed by atoms with van der Waals surface area (Å²) in [5.41, 5.74) is 0.0552. The van der Waals surface area contributed by atoms with Crippen LogP contribution in [-0.2, 0) is 19.1 Å². The second-order valence-corrected chi connectivity index (χ2v) is 5.37. The Kier molecular flexibility index (Phi) is 4.63. The van der Waals surface area contributed by atoms with E-state index in [1.165, 1.54) is 0 Å². The molecule has 0 aromatic carbocycles. The molecule has 2 rings (SSSR count). The predicted molar refractivity (Wildman–Crippen MR) is 73.7 cm³/mol. The summed E-state index contributed by atoms with van der Waals surface area (Å²) in [7, 11) is 0. The highest BCUT2D eigenvalue weighted by atomic mass is 16.5. The Morgan fingerprint density at radius 3 is 2.75 bits per heavy atom. The molecule has 0 aromatic heterocycles. The van der Waals surface area contributed by atoms with Crippen molar-refractivity contribution in [2.24, 2.45) is 5.92 Å². The molecule has 5 nitrogen and oxygen atoms in total. The van der Waals surface area contributed by atoms with Crippen LogP contribution in [0.3, 0.4) is 0 Å². The van der Waals surface area contributed by atoms with Gasteiger partial charge in [-0.2, -0.15) is 0 Å². The molecule has 0 radical (unpaired) electrons. The van der Waals surface area contributed by atoms with Crippen LogP contribution in [0.2, 0.25) is 0 Å². The number of esters is 1. The van der Waals surface area contributed by atoms with Crippen molar-refractivity contribution in [3.05, 3.63) is 5.57 Å². The van der Waals surface area contributed by atoms with Gasteiger partial charge >= 0.3 is 5.97 Å². The molecule has 2 aliphatic rings. The highest BCUT2D eigenvalue weighted by Crippen LogP contribution is 2.55. The van der Waals surface area contributed by atoms with E-state index < -0.39 is 5.72 Å². The van der Waals surface area contributed by atoms with Crippen molar-refractivity contribution >= 4 is 11.9 Å². The lowest BCUT2D eigenvalue weighted by molar-refractivity contribution is -0.146. The Labute approximate surface area is 119 Å². The molecular formula is C15H23NO4. The Morgan fingerprint density at radius 1 is 1.45 bits per heavy atom. The van der Waals surface area contributed by atoms with Gasteiger partial charge in [0.25, 0.3) is 0 Å². The fraction of sp³-hybridized carbons (Fsp3) is 0.800. The van der Waals surface area contributed by atoms with E-state index in [-0.39, 0.29) is 17.9 Å². The summed E-state index contributed by atoms with van der Waals surface area (Å²) in [4.78, 5) is 25.0. The SMILES string of the molecule is CCOC(=O)C[C@@H]1CCCN1C1(OCC)C(=C=O)C1C. The quantitative estimate of drug-likeness (QED) is 0.546. The summed E-state index contributed by atoms with van der Waals surface area (Å²) in [6.07, 6.45) is 2.31. The molecule has 0 amide bonds. The van der Waals surface area contributed by atoms with Gasteiger partial charge in [-0.1, -0.05) is 6.92 Å². The van der Waals surface area contributed by atoms with Crippen molar-refractivity contribution in [1.29, 1.82) is 0 Å². The number of ether oxygens (including phenoxy) is 2. The van der Waals surface area contributed by atoms with E-state index in [2.05, 4.69) is 4.90 Å². The van der Waals surface area contributed by atoms with Gasteiger partial charge in [0.05, 0.1) is 18.6 Å². The first-order chi connectivity index (χ1) is 9.61. The Hall–Kier alpha value is -1.16. The van der Waals surface area contributed by atoms with Crippen LogP contribution in [0.15, 0.2) is 5.57 Å². The Balaban J connectivity index is 2.13. The molecule has 1 saturated carbocycles. The Morgan fingerprint density at radius 2 is 2.20 bits per heavy atom.